The van der Waals surface area contributed by atoms with Gasteiger partial charge >= 0.3 is 0 Å². The molecule has 174 valence electrons. The van der Waals surface area contributed by atoms with Gasteiger partial charge in [0.2, 0.25) is 11.7 Å². The first-order valence-corrected chi connectivity index (χ1v) is 10.1. The van der Waals surface area contributed by atoms with E-state index < -0.39 is 4.92 Å². The molecule has 0 aliphatic heterocycles. The Bertz CT molecular complexity index is 1150. The average molecular weight is 456 g/mol. The number of carbonyl (C=O) groups is 1. The minimum Gasteiger partial charge on any atom is -0.493 e. The predicted octanol–water partition coefficient (Wildman–Crippen LogP) is 3.40. The molecule has 1 amide bonds. The smallest absolute Gasteiger partial charge is 0.272 e. The molecule has 0 radical (unpaired) electrons. The van der Waals surface area contributed by atoms with E-state index in [2.05, 4.69) is 10.1 Å². The van der Waals surface area contributed by atoms with E-state index in [0.717, 1.165) is 0 Å². The number of nitro benzene ring substituents is 1. The number of likely N-dealkylation sites (N-methyl/N-ethyl adjacent to an activating group) is 1. The van der Waals surface area contributed by atoms with Gasteiger partial charge in [0.05, 0.1) is 19.1 Å². The number of methoxy groups -OCH3 is 2. The molecule has 0 bridgehead atoms. The van der Waals surface area contributed by atoms with Crippen molar-refractivity contribution in [1.29, 1.82) is 0 Å². The standard InChI is InChI=1S/C22H24N4O7/c1-5-25(21(27)13-32-16-7-8-17(26(28)29)14(2)10-16)12-20-23-22(24-33-20)15-6-9-18(30-3)19(11-15)31-4/h6-11H,5,12-13H2,1-4H3. The summed E-state index contributed by atoms with van der Waals surface area (Å²) in [5, 5.41) is 14.9. The van der Waals surface area contributed by atoms with Crippen LogP contribution in [0.5, 0.6) is 17.2 Å². The van der Waals surface area contributed by atoms with Gasteiger partial charge in [0.1, 0.15) is 12.3 Å². The molecule has 0 N–H and O–H groups in total. The topological polar surface area (TPSA) is 130 Å². The van der Waals surface area contributed by atoms with Gasteiger partial charge in [-0.25, -0.2) is 0 Å². The second-order valence-electron chi connectivity index (χ2n) is 6.98. The fraction of sp³-hybridized carbons (Fsp3) is 0.318. The zero-order valence-corrected chi connectivity index (χ0v) is 18.7. The van der Waals surface area contributed by atoms with Crippen LogP contribution in [0.15, 0.2) is 40.9 Å². The Labute approximate surface area is 190 Å². The van der Waals surface area contributed by atoms with Gasteiger partial charge in [0, 0.05) is 23.7 Å². The Morgan fingerprint density at radius 2 is 1.91 bits per heavy atom. The third kappa shape index (κ3) is 5.56. The monoisotopic (exact) mass is 456 g/mol. The maximum absolute atomic E-state index is 12.6. The van der Waals surface area contributed by atoms with Crippen LogP contribution in [-0.2, 0) is 11.3 Å². The molecular weight excluding hydrogens is 432 g/mol. The van der Waals surface area contributed by atoms with Crippen molar-refractivity contribution >= 4 is 11.6 Å². The molecule has 0 aliphatic carbocycles. The SMILES string of the molecule is CCN(Cc1nc(-c2ccc(OC)c(OC)c2)no1)C(=O)COc1ccc([N+](=O)[O-])c(C)c1. The number of amides is 1. The molecule has 11 nitrogen and oxygen atoms in total. The van der Waals surface area contributed by atoms with Crippen molar-refractivity contribution in [3.05, 3.63) is 58.0 Å². The number of rotatable bonds is 10. The van der Waals surface area contributed by atoms with Crippen molar-refractivity contribution in [2.24, 2.45) is 0 Å². The van der Waals surface area contributed by atoms with Crippen molar-refractivity contribution in [3.8, 4) is 28.6 Å². The van der Waals surface area contributed by atoms with E-state index in [1.54, 1.807) is 32.2 Å². The number of hydrogen-bond acceptors (Lipinski definition) is 9. The van der Waals surface area contributed by atoms with Crippen LogP contribution in [0.25, 0.3) is 11.4 Å². The number of benzene rings is 2. The molecule has 0 aliphatic rings. The Hall–Kier alpha value is -4.15. The van der Waals surface area contributed by atoms with Crippen LogP contribution in [0.1, 0.15) is 18.4 Å². The average Bonchev–Trinajstić information content (AvgIpc) is 3.28. The fourth-order valence-electron chi connectivity index (χ4n) is 3.11. The molecule has 0 saturated carbocycles. The van der Waals surface area contributed by atoms with Gasteiger partial charge in [-0.05, 0) is 44.2 Å². The second kappa shape index (κ2) is 10.4. The largest absolute Gasteiger partial charge is 0.493 e. The molecule has 2 aromatic carbocycles. The molecule has 0 unspecified atom stereocenters. The van der Waals surface area contributed by atoms with Gasteiger partial charge in [-0.3, -0.25) is 14.9 Å². The van der Waals surface area contributed by atoms with Crippen LogP contribution in [0.3, 0.4) is 0 Å². The molecule has 1 aromatic heterocycles. The highest BCUT2D eigenvalue weighted by Gasteiger charge is 2.19. The van der Waals surface area contributed by atoms with E-state index in [1.807, 2.05) is 6.92 Å². The van der Waals surface area contributed by atoms with Crippen molar-refractivity contribution in [2.75, 3.05) is 27.4 Å². The summed E-state index contributed by atoms with van der Waals surface area (Å²) in [6.45, 7) is 3.70. The third-order valence-corrected chi connectivity index (χ3v) is 4.90. The molecule has 0 saturated heterocycles. The zero-order chi connectivity index (χ0) is 24.0. The Balaban J connectivity index is 1.64. The number of nitrogens with zero attached hydrogens (tertiary/aromatic N) is 4. The van der Waals surface area contributed by atoms with Crippen molar-refractivity contribution < 1.29 is 28.5 Å². The number of aryl methyl sites for hydroxylation is 1. The second-order valence-corrected chi connectivity index (χ2v) is 6.98. The summed E-state index contributed by atoms with van der Waals surface area (Å²) in [4.78, 5) is 28.9. The first kappa shape index (κ1) is 23.5. The lowest BCUT2D eigenvalue weighted by atomic mass is 10.2. The van der Waals surface area contributed by atoms with Crippen LogP contribution in [0.4, 0.5) is 5.69 Å². The van der Waals surface area contributed by atoms with Crippen LogP contribution >= 0.6 is 0 Å². The Morgan fingerprint density at radius 1 is 1.15 bits per heavy atom. The lowest BCUT2D eigenvalue weighted by Gasteiger charge is -2.19. The molecule has 1 heterocycles. The number of aromatic nitrogens is 2. The summed E-state index contributed by atoms with van der Waals surface area (Å²) in [7, 11) is 3.08. The Morgan fingerprint density at radius 3 is 2.55 bits per heavy atom. The maximum Gasteiger partial charge on any atom is 0.272 e. The molecule has 0 atom stereocenters. The molecule has 0 spiro atoms. The normalized spacial score (nSPS) is 10.5. The number of ether oxygens (including phenoxy) is 3. The summed E-state index contributed by atoms with van der Waals surface area (Å²) >= 11 is 0. The molecule has 3 aromatic rings. The van der Waals surface area contributed by atoms with Gasteiger partial charge < -0.3 is 23.6 Å². The van der Waals surface area contributed by atoms with E-state index in [1.165, 1.54) is 30.2 Å². The first-order valence-electron chi connectivity index (χ1n) is 10.1. The molecule has 33 heavy (non-hydrogen) atoms. The quantitative estimate of drug-likeness (QED) is 0.333. The highest BCUT2D eigenvalue weighted by molar-refractivity contribution is 5.77. The summed E-state index contributed by atoms with van der Waals surface area (Å²) in [6, 6.07) is 9.58. The van der Waals surface area contributed by atoms with Crippen LogP contribution in [0, 0.1) is 17.0 Å². The Kier molecular flexibility index (Phi) is 7.44. The number of carbonyl (C=O) groups excluding carboxylic acids is 1. The van der Waals surface area contributed by atoms with Gasteiger partial charge in [-0.1, -0.05) is 5.16 Å². The summed E-state index contributed by atoms with van der Waals surface area (Å²) in [5.74, 6) is 1.81. The van der Waals surface area contributed by atoms with Gasteiger partial charge in [-0.15, -0.1) is 0 Å². The highest BCUT2D eigenvalue weighted by atomic mass is 16.6. The van der Waals surface area contributed by atoms with Gasteiger partial charge in [0.15, 0.2) is 18.1 Å². The molecule has 3 rings (SSSR count). The van der Waals surface area contributed by atoms with E-state index in [0.29, 0.717) is 40.7 Å². The summed E-state index contributed by atoms with van der Waals surface area (Å²) < 4.78 is 21.4. The zero-order valence-electron chi connectivity index (χ0n) is 18.7. The predicted molar refractivity (Wildman–Crippen MR) is 117 cm³/mol. The molecule has 11 heteroatoms. The van der Waals surface area contributed by atoms with Crippen molar-refractivity contribution in [1.82, 2.24) is 15.0 Å². The molecule has 0 fully saturated rings. The van der Waals surface area contributed by atoms with E-state index in [4.69, 9.17) is 18.7 Å². The van der Waals surface area contributed by atoms with Crippen LogP contribution < -0.4 is 14.2 Å². The van der Waals surface area contributed by atoms with Gasteiger partial charge in [-0.2, -0.15) is 4.98 Å². The maximum atomic E-state index is 12.6. The van der Waals surface area contributed by atoms with Crippen molar-refractivity contribution in [3.63, 3.8) is 0 Å². The summed E-state index contributed by atoms with van der Waals surface area (Å²) in [5.41, 5.74) is 1.12. The number of hydrogen-bond donors (Lipinski definition) is 0. The minimum absolute atomic E-state index is 0.00876. The van der Waals surface area contributed by atoms with E-state index in [9.17, 15) is 14.9 Å². The highest BCUT2D eigenvalue weighted by Crippen LogP contribution is 2.31. The fourth-order valence-corrected chi connectivity index (χ4v) is 3.11. The van der Waals surface area contributed by atoms with E-state index >= 15 is 0 Å². The number of nitro groups is 1. The lowest BCUT2D eigenvalue weighted by molar-refractivity contribution is -0.385. The summed E-state index contributed by atoms with van der Waals surface area (Å²) in [6.07, 6.45) is 0. The minimum atomic E-state index is -0.468. The molecular formula is C22H24N4O7. The van der Waals surface area contributed by atoms with E-state index in [-0.39, 0.29) is 30.6 Å². The van der Waals surface area contributed by atoms with Gasteiger partial charge in [0.25, 0.3) is 11.6 Å². The van der Waals surface area contributed by atoms with Crippen LogP contribution in [-0.4, -0.2) is 53.2 Å². The lowest BCUT2D eigenvalue weighted by Crippen LogP contribution is -2.34. The van der Waals surface area contributed by atoms with Crippen molar-refractivity contribution in [2.45, 2.75) is 20.4 Å². The van der Waals surface area contributed by atoms with Crippen LogP contribution in [0.2, 0.25) is 0 Å². The first-order chi connectivity index (χ1) is 15.9. The third-order valence-electron chi connectivity index (χ3n) is 4.90.